The van der Waals surface area contributed by atoms with Crippen LogP contribution in [0.15, 0.2) is 26.5 Å². The third kappa shape index (κ3) is 2.98. The lowest BCUT2D eigenvalue weighted by Gasteiger charge is -2.04. The maximum atomic E-state index is 5.61. The zero-order valence-corrected chi connectivity index (χ0v) is 14.0. The molecule has 1 aromatic carbocycles. The van der Waals surface area contributed by atoms with E-state index in [2.05, 4.69) is 31.1 Å². The van der Waals surface area contributed by atoms with Gasteiger partial charge in [-0.15, -0.1) is 11.3 Å². The van der Waals surface area contributed by atoms with E-state index in [4.69, 9.17) is 10.3 Å². The molecule has 0 aliphatic carbocycles. The average molecular weight is 365 g/mol. The lowest BCUT2D eigenvalue weighted by atomic mass is 10.1. The lowest BCUT2D eigenvalue weighted by molar-refractivity contribution is 0.385. The molecule has 0 saturated heterocycles. The van der Waals surface area contributed by atoms with Gasteiger partial charge in [0.25, 0.3) is 0 Å². The van der Waals surface area contributed by atoms with E-state index in [0.29, 0.717) is 23.3 Å². The molecule has 0 fully saturated rings. The van der Waals surface area contributed by atoms with Crippen molar-refractivity contribution in [2.45, 2.75) is 20.3 Å². The van der Waals surface area contributed by atoms with Crippen molar-refractivity contribution in [1.82, 2.24) is 15.1 Å². The van der Waals surface area contributed by atoms with Gasteiger partial charge in [0.05, 0.1) is 12.1 Å². The SMILES string of the molecule is Cc1cc(-c2noc(Cc3csc(N)n3)n2)cc(C)c1Br. The summed E-state index contributed by atoms with van der Waals surface area (Å²) in [7, 11) is 0. The van der Waals surface area contributed by atoms with Gasteiger partial charge in [0.2, 0.25) is 11.7 Å². The number of aryl methyl sites for hydroxylation is 2. The van der Waals surface area contributed by atoms with Crippen LogP contribution in [0.4, 0.5) is 5.13 Å². The Bertz CT molecular complexity index is 773. The largest absolute Gasteiger partial charge is 0.375 e. The van der Waals surface area contributed by atoms with E-state index < -0.39 is 0 Å². The van der Waals surface area contributed by atoms with Crippen molar-refractivity contribution in [2.75, 3.05) is 5.73 Å². The summed E-state index contributed by atoms with van der Waals surface area (Å²) in [6, 6.07) is 4.07. The van der Waals surface area contributed by atoms with E-state index in [1.54, 1.807) is 0 Å². The fourth-order valence-electron chi connectivity index (χ4n) is 2.08. The van der Waals surface area contributed by atoms with Crippen molar-refractivity contribution in [3.05, 3.63) is 44.7 Å². The highest BCUT2D eigenvalue weighted by atomic mass is 79.9. The minimum absolute atomic E-state index is 0.495. The first-order valence-electron chi connectivity index (χ1n) is 6.32. The number of nitrogens with two attached hydrogens (primary N) is 1. The molecule has 0 aliphatic rings. The predicted octanol–water partition coefficient (Wildman–Crippen LogP) is 3.75. The van der Waals surface area contributed by atoms with Gasteiger partial charge in [-0.05, 0) is 37.1 Å². The van der Waals surface area contributed by atoms with Crippen LogP contribution in [0.1, 0.15) is 22.7 Å². The number of thiazole rings is 1. The van der Waals surface area contributed by atoms with E-state index in [9.17, 15) is 0 Å². The molecule has 2 heterocycles. The van der Waals surface area contributed by atoms with Crippen molar-refractivity contribution < 1.29 is 4.52 Å². The highest BCUT2D eigenvalue weighted by Gasteiger charge is 2.12. The molecule has 108 valence electrons. The van der Waals surface area contributed by atoms with E-state index >= 15 is 0 Å². The number of halogens is 1. The first-order chi connectivity index (χ1) is 10.0. The molecule has 7 heteroatoms. The Hall–Kier alpha value is -1.73. The van der Waals surface area contributed by atoms with E-state index in [-0.39, 0.29) is 0 Å². The van der Waals surface area contributed by atoms with Crippen molar-refractivity contribution in [3.8, 4) is 11.4 Å². The van der Waals surface area contributed by atoms with Gasteiger partial charge < -0.3 is 10.3 Å². The first-order valence-corrected chi connectivity index (χ1v) is 8.00. The Kier molecular flexibility index (Phi) is 3.77. The highest BCUT2D eigenvalue weighted by Crippen LogP contribution is 2.27. The second kappa shape index (κ2) is 5.57. The maximum absolute atomic E-state index is 5.61. The summed E-state index contributed by atoms with van der Waals surface area (Å²) in [6.45, 7) is 4.08. The van der Waals surface area contributed by atoms with Gasteiger partial charge in [-0.2, -0.15) is 4.98 Å². The number of hydrogen-bond donors (Lipinski definition) is 1. The molecular formula is C14H13BrN4OS. The smallest absolute Gasteiger partial charge is 0.233 e. The summed E-state index contributed by atoms with van der Waals surface area (Å²) in [5, 5.41) is 6.49. The quantitative estimate of drug-likeness (QED) is 0.765. The van der Waals surface area contributed by atoms with Gasteiger partial charge in [0.15, 0.2) is 5.13 Å². The summed E-state index contributed by atoms with van der Waals surface area (Å²) in [5.41, 5.74) is 9.69. The number of nitrogens with zero attached hydrogens (tertiary/aromatic N) is 3. The third-order valence-electron chi connectivity index (χ3n) is 3.06. The third-order valence-corrected chi connectivity index (χ3v) is 5.04. The van der Waals surface area contributed by atoms with Crippen LogP contribution in [-0.2, 0) is 6.42 Å². The minimum Gasteiger partial charge on any atom is -0.375 e. The van der Waals surface area contributed by atoms with Crippen LogP contribution in [0.2, 0.25) is 0 Å². The molecule has 21 heavy (non-hydrogen) atoms. The fraction of sp³-hybridized carbons (Fsp3) is 0.214. The molecule has 0 atom stereocenters. The number of hydrogen-bond acceptors (Lipinski definition) is 6. The van der Waals surface area contributed by atoms with E-state index in [0.717, 1.165) is 26.9 Å². The molecule has 2 aromatic heterocycles. The number of benzene rings is 1. The summed E-state index contributed by atoms with van der Waals surface area (Å²) < 4.78 is 6.40. The first kappa shape index (κ1) is 14.2. The zero-order valence-electron chi connectivity index (χ0n) is 11.6. The van der Waals surface area contributed by atoms with Crippen LogP contribution in [-0.4, -0.2) is 15.1 Å². The number of anilines is 1. The number of aromatic nitrogens is 3. The zero-order chi connectivity index (χ0) is 15.0. The summed E-state index contributed by atoms with van der Waals surface area (Å²) in [4.78, 5) is 8.62. The monoisotopic (exact) mass is 364 g/mol. The topological polar surface area (TPSA) is 77.8 Å². The fourth-order valence-corrected chi connectivity index (χ4v) is 2.87. The second-order valence-electron chi connectivity index (χ2n) is 4.79. The Morgan fingerprint density at radius 2 is 1.95 bits per heavy atom. The summed E-state index contributed by atoms with van der Waals surface area (Å²) >= 11 is 4.96. The Balaban J connectivity index is 1.88. The van der Waals surface area contributed by atoms with E-state index in [1.165, 1.54) is 11.3 Å². The van der Waals surface area contributed by atoms with Crippen molar-refractivity contribution >= 4 is 32.4 Å². The van der Waals surface area contributed by atoms with E-state index in [1.807, 2.05) is 31.4 Å². The highest BCUT2D eigenvalue weighted by molar-refractivity contribution is 9.10. The normalized spacial score (nSPS) is 11.0. The van der Waals surface area contributed by atoms with Crippen LogP contribution >= 0.6 is 27.3 Å². The minimum atomic E-state index is 0.495. The molecule has 5 nitrogen and oxygen atoms in total. The molecule has 0 amide bonds. The van der Waals surface area contributed by atoms with Gasteiger partial charge in [0.1, 0.15) is 0 Å². The van der Waals surface area contributed by atoms with Crippen LogP contribution in [0, 0.1) is 13.8 Å². The molecule has 0 unspecified atom stereocenters. The van der Waals surface area contributed by atoms with Crippen molar-refractivity contribution in [3.63, 3.8) is 0 Å². The molecule has 2 N–H and O–H groups in total. The second-order valence-corrected chi connectivity index (χ2v) is 6.47. The van der Waals surface area contributed by atoms with Crippen LogP contribution in [0.25, 0.3) is 11.4 Å². The molecule has 3 aromatic rings. The molecule has 0 bridgehead atoms. The molecule has 0 aliphatic heterocycles. The van der Waals surface area contributed by atoms with Crippen LogP contribution in [0.3, 0.4) is 0 Å². The molecule has 0 spiro atoms. The molecule has 0 saturated carbocycles. The summed E-state index contributed by atoms with van der Waals surface area (Å²) in [5.74, 6) is 1.13. The van der Waals surface area contributed by atoms with Gasteiger partial charge in [0, 0.05) is 15.4 Å². The molecular weight excluding hydrogens is 352 g/mol. The predicted molar refractivity (Wildman–Crippen MR) is 86.2 cm³/mol. The van der Waals surface area contributed by atoms with Crippen LogP contribution < -0.4 is 5.73 Å². The molecule has 0 radical (unpaired) electrons. The number of nitrogen functional groups attached to an aromatic ring is 1. The molecule has 3 rings (SSSR count). The van der Waals surface area contributed by atoms with Crippen molar-refractivity contribution in [1.29, 1.82) is 0 Å². The Morgan fingerprint density at radius 3 is 2.57 bits per heavy atom. The average Bonchev–Trinajstić information content (AvgIpc) is 3.05. The maximum Gasteiger partial charge on any atom is 0.233 e. The lowest BCUT2D eigenvalue weighted by Crippen LogP contribution is -1.91. The standard InChI is InChI=1S/C14H13BrN4OS/c1-7-3-9(4-8(2)12(7)15)13-18-11(20-19-13)5-10-6-21-14(16)17-10/h3-4,6H,5H2,1-2H3,(H2,16,17). The number of rotatable bonds is 3. The van der Waals surface area contributed by atoms with Gasteiger partial charge in [-0.1, -0.05) is 21.1 Å². The summed E-state index contributed by atoms with van der Waals surface area (Å²) in [6.07, 6.45) is 0.495. The Labute approximate surface area is 134 Å². The Morgan fingerprint density at radius 1 is 1.24 bits per heavy atom. The van der Waals surface area contributed by atoms with Gasteiger partial charge >= 0.3 is 0 Å². The van der Waals surface area contributed by atoms with Gasteiger partial charge in [-0.3, -0.25) is 0 Å². The van der Waals surface area contributed by atoms with Gasteiger partial charge in [-0.25, -0.2) is 4.98 Å². The van der Waals surface area contributed by atoms with Crippen molar-refractivity contribution in [2.24, 2.45) is 0 Å². The van der Waals surface area contributed by atoms with Crippen LogP contribution in [0.5, 0.6) is 0 Å².